The van der Waals surface area contributed by atoms with Gasteiger partial charge in [-0.2, -0.15) is 0 Å². The highest BCUT2D eigenvalue weighted by Crippen LogP contribution is 2.49. The molecule has 2 aromatic carbocycles. The molecule has 0 radical (unpaired) electrons. The number of aliphatic hydroxyl groups excluding tert-OH is 1. The van der Waals surface area contributed by atoms with Crippen LogP contribution in [-0.4, -0.2) is 17.8 Å². The van der Waals surface area contributed by atoms with Gasteiger partial charge in [-0.1, -0.05) is 52.0 Å². The molecule has 2 unspecified atom stereocenters. The quantitative estimate of drug-likeness (QED) is 0.494. The zero-order valence-electron chi connectivity index (χ0n) is 19.1. The summed E-state index contributed by atoms with van der Waals surface area (Å²) in [7, 11) is 0. The van der Waals surface area contributed by atoms with Crippen molar-refractivity contribution in [2.75, 3.05) is 6.61 Å². The summed E-state index contributed by atoms with van der Waals surface area (Å²) in [6, 6.07) is 11.7. The standard InChI is InChI=1S/C27H28O5/c1-13(2)16-8-6-10-18-23(28)20(12-30-24(16)18)21-15(5)31-26-19-11-7-9-17(14(3)4)25(19)32-27(29)22(21)26/h6-11,13-15,21,28H,12H2,1-5H3. The van der Waals surface area contributed by atoms with E-state index in [1.807, 2.05) is 43.3 Å². The van der Waals surface area contributed by atoms with Crippen LogP contribution in [0.25, 0.3) is 16.7 Å². The molecule has 2 aliphatic rings. The normalized spacial score (nSPS) is 19.8. The second kappa shape index (κ2) is 7.44. The minimum Gasteiger partial charge on any atom is -0.507 e. The van der Waals surface area contributed by atoms with Crippen molar-refractivity contribution in [1.82, 2.24) is 0 Å². The summed E-state index contributed by atoms with van der Waals surface area (Å²) in [5.74, 6) is 1.46. The highest BCUT2D eigenvalue weighted by molar-refractivity contribution is 5.88. The van der Waals surface area contributed by atoms with Crippen molar-refractivity contribution in [3.63, 3.8) is 0 Å². The topological polar surface area (TPSA) is 68.9 Å². The lowest BCUT2D eigenvalue weighted by atomic mass is 9.85. The minimum absolute atomic E-state index is 0.164. The monoisotopic (exact) mass is 432 g/mol. The average molecular weight is 433 g/mol. The maximum absolute atomic E-state index is 13.2. The molecule has 3 heterocycles. The number of ether oxygens (including phenoxy) is 2. The van der Waals surface area contributed by atoms with Gasteiger partial charge >= 0.3 is 5.63 Å². The van der Waals surface area contributed by atoms with Crippen LogP contribution >= 0.6 is 0 Å². The fraction of sp³-hybridized carbons (Fsp3) is 0.370. The Labute approximate surface area is 187 Å². The Morgan fingerprint density at radius 1 is 0.969 bits per heavy atom. The van der Waals surface area contributed by atoms with Crippen molar-refractivity contribution in [3.8, 4) is 11.5 Å². The van der Waals surface area contributed by atoms with Gasteiger partial charge in [0.05, 0.1) is 22.4 Å². The lowest BCUT2D eigenvalue weighted by Crippen LogP contribution is -2.26. The number of rotatable bonds is 3. The Morgan fingerprint density at radius 3 is 2.38 bits per heavy atom. The summed E-state index contributed by atoms with van der Waals surface area (Å²) < 4.78 is 18.2. The molecule has 166 valence electrons. The molecule has 0 aliphatic carbocycles. The number of aliphatic hydroxyl groups is 1. The maximum Gasteiger partial charge on any atom is 0.344 e. The predicted molar refractivity (Wildman–Crippen MR) is 125 cm³/mol. The minimum atomic E-state index is -0.441. The van der Waals surface area contributed by atoms with Crippen molar-refractivity contribution < 1.29 is 19.0 Å². The molecule has 0 bridgehead atoms. The molecule has 0 amide bonds. The van der Waals surface area contributed by atoms with Crippen molar-refractivity contribution in [2.45, 2.75) is 58.5 Å². The molecule has 2 aliphatic heterocycles. The van der Waals surface area contributed by atoms with Gasteiger partial charge in [-0.3, -0.25) is 0 Å². The van der Waals surface area contributed by atoms with Crippen LogP contribution in [0.15, 0.2) is 51.2 Å². The predicted octanol–water partition coefficient (Wildman–Crippen LogP) is 6.27. The van der Waals surface area contributed by atoms with Crippen LogP contribution in [0.5, 0.6) is 11.5 Å². The van der Waals surface area contributed by atoms with E-state index in [9.17, 15) is 9.90 Å². The van der Waals surface area contributed by atoms with Gasteiger partial charge in [0, 0.05) is 5.57 Å². The van der Waals surface area contributed by atoms with E-state index in [0.29, 0.717) is 33.8 Å². The number of benzene rings is 2. The maximum atomic E-state index is 13.2. The van der Waals surface area contributed by atoms with E-state index in [1.165, 1.54) is 0 Å². The lowest BCUT2D eigenvalue weighted by molar-refractivity contribution is 0.227. The SMILES string of the molecule is CC(C)c1cccc2c1OCC(C1c3c(c4cccc(C(C)C)c4oc3=O)OC1C)=C2O. The third-order valence-corrected chi connectivity index (χ3v) is 6.63. The molecule has 1 aromatic heterocycles. The van der Waals surface area contributed by atoms with E-state index in [4.69, 9.17) is 13.9 Å². The van der Waals surface area contributed by atoms with Crippen LogP contribution in [0, 0.1) is 0 Å². The zero-order valence-corrected chi connectivity index (χ0v) is 19.1. The first-order chi connectivity index (χ1) is 15.3. The van der Waals surface area contributed by atoms with Crippen molar-refractivity contribution >= 4 is 16.7 Å². The molecule has 1 N–H and O–H groups in total. The van der Waals surface area contributed by atoms with Crippen LogP contribution < -0.4 is 15.1 Å². The van der Waals surface area contributed by atoms with E-state index >= 15 is 0 Å². The van der Waals surface area contributed by atoms with Crippen LogP contribution in [0.3, 0.4) is 0 Å². The van der Waals surface area contributed by atoms with Gasteiger partial charge in [-0.25, -0.2) is 4.79 Å². The number of fused-ring (bicyclic) bond motifs is 4. The van der Waals surface area contributed by atoms with Gasteiger partial charge in [0.2, 0.25) is 0 Å². The van der Waals surface area contributed by atoms with E-state index in [0.717, 1.165) is 16.5 Å². The summed E-state index contributed by atoms with van der Waals surface area (Å²) in [4.78, 5) is 13.2. The molecule has 5 nitrogen and oxygen atoms in total. The van der Waals surface area contributed by atoms with Gasteiger partial charge < -0.3 is 19.0 Å². The fourth-order valence-corrected chi connectivity index (χ4v) is 5.01. The summed E-state index contributed by atoms with van der Waals surface area (Å²) in [6.45, 7) is 10.4. The van der Waals surface area contributed by atoms with Crippen LogP contribution in [0.1, 0.15) is 74.6 Å². The van der Waals surface area contributed by atoms with Crippen LogP contribution in [-0.2, 0) is 0 Å². The Bertz CT molecular complexity index is 1310. The summed E-state index contributed by atoms with van der Waals surface area (Å²) in [6.07, 6.45) is -0.336. The fourth-order valence-electron chi connectivity index (χ4n) is 5.01. The first-order valence-corrected chi connectivity index (χ1v) is 11.2. The van der Waals surface area contributed by atoms with Crippen LogP contribution in [0.2, 0.25) is 0 Å². The largest absolute Gasteiger partial charge is 0.507 e. The molecule has 5 rings (SSSR count). The molecule has 3 aromatic rings. The second-order valence-electron chi connectivity index (χ2n) is 9.35. The highest BCUT2D eigenvalue weighted by atomic mass is 16.5. The average Bonchev–Trinajstić information content (AvgIpc) is 3.11. The van der Waals surface area contributed by atoms with E-state index in [-0.39, 0.29) is 30.3 Å². The number of hydrogen-bond donors (Lipinski definition) is 1. The smallest absolute Gasteiger partial charge is 0.344 e. The van der Waals surface area contributed by atoms with Gasteiger partial charge in [0.1, 0.15) is 35.6 Å². The summed E-state index contributed by atoms with van der Waals surface area (Å²) in [5, 5.41) is 12.1. The van der Waals surface area contributed by atoms with Crippen molar-refractivity contribution in [3.05, 3.63) is 74.6 Å². The Morgan fingerprint density at radius 2 is 1.66 bits per heavy atom. The first-order valence-electron chi connectivity index (χ1n) is 11.2. The van der Waals surface area contributed by atoms with E-state index in [2.05, 4.69) is 27.7 Å². The van der Waals surface area contributed by atoms with Gasteiger partial charge in [-0.05, 0) is 42.0 Å². The molecule has 2 atom stereocenters. The zero-order chi connectivity index (χ0) is 22.7. The van der Waals surface area contributed by atoms with E-state index in [1.54, 1.807) is 0 Å². The number of para-hydroxylation sites is 2. The highest BCUT2D eigenvalue weighted by Gasteiger charge is 2.42. The van der Waals surface area contributed by atoms with Gasteiger partial charge in [0.25, 0.3) is 0 Å². The third kappa shape index (κ3) is 2.94. The van der Waals surface area contributed by atoms with Gasteiger partial charge in [-0.15, -0.1) is 0 Å². The first kappa shape index (κ1) is 20.7. The van der Waals surface area contributed by atoms with E-state index < -0.39 is 11.5 Å². The molecular formula is C27H28O5. The second-order valence-corrected chi connectivity index (χ2v) is 9.35. The molecule has 0 saturated carbocycles. The molecule has 5 heteroatoms. The third-order valence-electron chi connectivity index (χ3n) is 6.63. The Balaban J connectivity index is 1.70. The van der Waals surface area contributed by atoms with Crippen molar-refractivity contribution in [2.24, 2.45) is 0 Å². The Kier molecular flexibility index (Phi) is 4.81. The molecule has 0 fully saturated rings. The van der Waals surface area contributed by atoms with Crippen molar-refractivity contribution in [1.29, 1.82) is 0 Å². The van der Waals surface area contributed by atoms with Crippen LogP contribution in [0.4, 0.5) is 0 Å². The number of hydrogen-bond acceptors (Lipinski definition) is 5. The molecule has 32 heavy (non-hydrogen) atoms. The molecule has 0 spiro atoms. The summed E-state index contributed by atoms with van der Waals surface area (Å²) >= 11 is 0. The summed E-state index contributed by atoms with van der Waals surface area (Å²) in [5.41, 5.74) is 3.94. The Hall–Kier alpha value is -3.21. The lowest BCUT2D eigenvalue weighted by Gasteiger charge is -2.27. The molecular weight excluding hydrogens is 404 g/mol. The van der Waals surface area contributed by atoms with Gasteiger partial charge in [0.15, 0.2) is 0 Å². The molecule has 0 saturated heterocycles.